The Labute approximate surface area is 136 Å². The van der Waals surface area contributed by atoms with E-state index in [1.165, 1.54) is 24.3 Å². The normalized spacial score (nSPS) is 11.2. The molecular formula is C14H13BrN2O4S. The smallest absolute Gasteiger partial charge is 0.274 e. The molecule has 0 atom stereocenters. The van der Waals surface area contributed by atoms with E-state index in [-0.39, 0.29) is 16.3 Å². The Bertz CT molecular complexity index is 850. The number of anilines is 1. The summed E-state index contributed by atoms with van der Waals surface area (Å²) in [7, 11) is -3.84. The average Bonchev–Trinajstić information content (AvgIpc) is 2.39. The third-order valence-corrected chi connectivity index (χ3v) is 5.39. The van der Waals surface area contributed by atoms with Crippen molar-refractivity contribution in [2.45, 2.75) is 18.7 Å². The van der Waals surface area contributed by atoms with Crippen molar-refractivity contribution in [3.05, 3.63) is 62.1 Å². The van der Waals surface area contributed by atoms with Crippen LogP contribution in [0.3, 0.4) is 0 Å². The minimum Gasteiger partial charge on any atom is -0.279 e. The molecule has 0 aromatic heterocycles. The van der Waals surface area contributed by atoms with Gasteiger partial charge in [-0.3, -0.25) is 14.8 Å². The van der Waals surface area contributed by atoms with Crippen LogP contribution in [0, 0.1) is 24.0 Å². The molecule has 0 spiro atoms. The summed E-state index contributed by atoms with van der Waals surface area (Å²) >= 11 is 3.22. The number of benzene rings is 2. The highest BCUT2D eigenvalue weighted by atomic mass is 79.9. The van der Waals surface area contributed by atoms with Gasteiger partial charge in [0.25, 0.3) is 15.7 Å². The summed E-state index contributed by atoms with van der Waals surface area (Å²) < 4.78 is 27.6. The van der Waals surface area contributed by atoms with Gasteiger partial charge in [-0.05, 0) is 53.5 Å². The molecule has 0 radical (unpaired) electrons. The lowest BCUT2D eigenvalue weighted by Gasteiger charge is -2.10. The maximum absolute atomic E-state index is 12.4. The molecular weight excluding hydrogens is 372 g/mol. The van der Waals surface area contributed by atoms with Gasteiger partial charge in [-0.2, -0.15) is 0 Å². The summed E-state index contributed by atoms with van der Waals surface area (Å²) in [6.45, 7) is 3.44. The topological polar surface area (TPSA) is 89.3 Å². The van der Waals surface area contributed by atoms with E-state index in [2.05, 4.69) is 20.7 Å². The third kappa shape index (κ3) is 3.45. The van der Waals surface area contributed by atoms with E-state index in [4.69, 9.17) is 0 Å². The molecule has 0 unspecified atom stereocenters. The van der Waals surface area contributed by atoms with Crippen LogP contribution in [0.4, 0.5) is 11.4 Å². The summed E-state index contributed by atoms with van der Waals surface area (Å²) in [5.74, 6) is 0. The first-order chi connectivity index (χ1) is 10.2. The number of hydrogen-bond donors (Lipinski definition) is 1. The molecule has 0 bridgehead atoms. The van der Waals surface area contributed by atoms with E-state index in [1.807, 2.05) is 6.92 Å². The standard InChI is InChI=1S/C14H13BrN2O4S/c1-9-3-6-14(12(15)7-9)22(20,21)16-11-5-4-10(2)13(8-11)17(18)19/h3-8,16H,1-2H3. The molecule has 0 aliphatic rings. The van der Waals surface area contributed by atoms with Crippen LogP contribution < -0.4 is 4.72 Å². The summed E-state index contributed by atoms with van der Waals surface area (Å²) in [5.41, 5.74) is 1.38. The Morgan fingerprint density at radius 3 is 2.41 bits per heavy atom. The number of rotatable bonds is 4. The van der Waals surface area contributed by atoms with Gasteiger partial charge < -0.3 is 0 Å². The zero-order valence-electron chi connectivity index (χ0n) is 11.8. The van der Waals surface area contributed by atoms with Crippen molar-refractivity contribution < 1.29 is 13.3 Å². The lowest BCUT2D eigenvalue weighted by molar-refractivity contribution is -0.385. The van der Waals surface area contributed by atoms with Crippen LogP contribution in [0.25, 0.3) is 0 Å². The molecule has 1 N–H and O–H groups in total. The number of sulfonamides is 1. The summed E-state index contributed by atoms with van der Waals surface area (Å²) in [6.07, 6.45) is 0. The molecule has 22 heavy (non-hydrogen) atoms. The van der Waals surface area contributed by atoms with E-state index >= 15 is 0 Å². The van der Waals surface area contributed by atoms with Gasteiger partial charge in [0.05, 0.1) is 10.6 Å². The van der Waals surface area contributed by atoms with E-state index in [9.17, 15) is 18.5 Å². The number of hydrogen-bond acceptors (Lipinski definition) is 4. The van der Waals surface area contributed by atoms with Crippen molar-refractivity contribution >= 4 is 37.3 Å². The van der Waals surface area contributed by atoms with Crippen LogP contribution in [0.1, 0.15) is 11.1 Å². The van der Waals surface area contributed by atoms with Gasteiger partial charge in [0, 0.05) is 16.1 Å². The predicted molar refractivity (Wildman–Crippen MR) is 87.5 cm³/mol. The first-order valence-corrected chi connectivity index (χ1v) is 8.52. The van der Waals surface area contributed by atoms with Crippen molar-refractivity contribution in [3.63, 3.8) is 0 Å². The Kier molecular flexibility index (Phi) is 4.52. The highest BCUT2D eigenvalue weighted by molar-refractivity contribution is 9.10. The van der Waals surface area contributed by atoms with E-state index < -0.39 is 14.9 Å². The van der Waals surface area contributed by atoms with Crippen molar-refractivity contribution in [1.29, 1.82) is 0 Å². The van der Waals surface area contributed by atoms with Crippen molar-refractivity contribution in [2.75, 3.05) is 4.72 Å². The van der Waals surface area contributed by atoms with Gasteiger partial charge >= 0.3 is 0 Å². The lowest BCUT2D eigenvalue weighted by Crippen LogP contribution is -2.14. The highest BCUT2D eigenvalue weighted by Gasteiger charge is 2.19. The quantitative estimate of drug-likeness (QED) is 0.641. The van der Waals surface area contributed by atoms with Crippen molar-refractivity contribution in [3.8, 4) is 0 Å². The molecule has 0 aliphatic carbocycles. The highest BCUT2D eigenvalue weighted by Crippen LogP contribution is 2.27. The molecule has 0 fully saturated rings. The van der Waals surface area contributed by atoms with Crippen LogP contribution in [-0.4, -0.2) is 13.3 Å². The summed E-state index contributed by atoms with van der Waals surface area (Å²) in [6, 6.07) is 9.03. The molecule has 116 valence electrons. The molecule has 2 aromatic carbocycles. The first kappa shape index (κ1) is 16.4. The zero-order chi connectivity index (χ0) is 16.5. The fraction of sp³-hybridized carbons (Fsp3) is 0.143. The second-order valence-corrected chi connectivity index (χ2v) is 7.30. The summed E-state index contributed by atoms with van der Waals surface area (Å²) in [4.78, 5) is 10.4. The van der Waals surface area contributed by atoms with Gasteiger partial charge in [-0.1, -0.05) is 12.1 Å². The van der Waals surface area contributed by atoms with Gasteiger partial charge in [0.15, 0.2) is 0 Å². The molecule has 0 saturated carbocycles. The number of nitrogens with zero attached hydrogens (tertiary/aromatic N) is 1. The minimum absolute atomic E-state index is 0.0707. The van der Waals surface area contributed by atoms with E-state index in [1.54, 1.807) is 19.1 Å². The van der Waals surface area contributed by atoms with E-state index in [0.29, 0.717) is 10.0 Å². The molecule has 0 saturated heterocycles. The van der Waals surface area contributed by atoms with Crippen molar-refractivity contribution in [1.82, 2.24) is 0 Å². The Balaban J connectivity index is 2.41. The molecule has 0 aliphatic heterocycles. The zero-order valence-corrected chi connectivity index (χ0v) is 14.2. The van der Waals surface area contributed by atoms with Gasteiger partial charge in [-0.15, -0.1) is 0 Å². The molecule has 0 amide bonds. The first-order valence-electron chi connectivity index (χ1n) is 6.25. The number of halogens is 1. The fourth-order valence-electron chi connectivity index (χ4n) is 1.90. The number of nitro groups is 1. The van der Waals surface area contributed by atoms with Gasteiger partial charge in [-0.25, -0.2) is 8.42 Å². The third-order valence-electron chi connectivity index (χ3n) is 3.03. The Hall–Kier alpha value is -1.93. The number of aryl methyl sites for hydroxylation is 2. The van der Waals surface area contributed by atoms with Gasteiger partial charge in [0.2, 0.25) is 0 Å². The second-order valence-electron chi connectivity index (χ2n) is 4.80. The minimum atomic E-state index is -3.84. The fourth-order valence-corrected chi connectivity index (χ4v) is 4.15. The van der Waals surface area contributed by atoms with Crippen LogP contribution in [-0.2, 0) is 10.0 Å². The molecule has 0 heterocycles. The lowest BCUT2D eigenvalue weighted by atomic mass is 10.2. The summed E-state index contributed by atoms with van der Waals surface area (Å²) in [5, 5.41) is 10.9. The number of nitro benzene ring substituents is 1. The van der Waals surface area contributed by atoms with Crippen molar-refractivity contribution in [2.24, 2.45) is 0 Å². The Morgan fingerprint density at radius 2 is 1.82 bits per heavy atom. The molecule has 2 aromatic rings. The van der Waals surface area contributed by atoms with Crippen LogP contribution in [0.5, 0.6) is 0 Å². The van der Waals surface area contributed by atoms with Crippen LogP contribution in [0.2, 0.25) is 0 Å². The average molecular weight is 385 g/mol. The maximum Gasteiger partial charge on any atom is 0.274 e. The number of nitrogens with one attached hydrogen (secondary N) is 1. The monoisotopic (exact) mass is 384 g/mol. The van der Waals surface area contributed by atoms with Crippen LogP contribution in [0.15, 0.2) is 45.8 Å². The molecule has 2 rings (SSSR count). The second kappa shape index (κ2) is 6.05. The molecule has 6 nitrogen and oxygen atoms in total. The van der Waals surface area contributed by atoms with E-state index in [0.717, 1.165) is 5.56 Å². The Morgan fingerprint density at radius 1 is 1.14 bits per heavy atom. The predicted octanol–water partition coefficient (Wildman–Crippen LogP) is 3.77. The molecule has 8 heteroatoms. The maximum atomic E-state index is 12.4. The SMILES string of the molecule is Cc1ccc(S(=O)(=O)Nc2ccc(C)c([N+](=O)[O-])c2)c(Br)c1. The van der Waals surface area contributed by atoms with Crippen LogP contribution >= 0.6 is 15.9 Å². The largest absolute Gasteiger partial charge is 0.279 e. The van der Waals surface area contributed by atoms with Gasteiger partial charge in [0.1, 0.15) is 4.90 Å².